The number of hydrogen-bond donors (Lipinski definition) is 1. The molecule has 0 saturated carbocycles. The van der Waals surface area contributed by atoms with Crippen LogP contribution in [0.4, 0.5) is 3.89 Å². The van der Waals surface area contributed by atoms with Gasteiger partial charge in [-0.25, -0.2) is 0 Å². The second-order valence-electron chi connectivity index (χ2n) is 8.39. The summed E-state index contributed by atoms with van der Waals surface area (Å²) < 4.78 is 57.1. The number of hydrogen-bond acceptors (Lipinski definition) is 10. The van der Waals surface area contributed by atoms with Gasteiger partial charge in [-0.05, 0) is 35.7 Å². The van der Waals surface area contributed by atoms with Gasteiger partial charge in [-0.2, -0.15) is 13.0 Å². The average Bonchev–Trinajstić information content (AvgIpc) is 2.77. The maximum absolute atomic E-state index is 11.7. The number of carbonyl (C=O) groups is 4. The largest absolute Gasteiger partial charge is 0.435 e. The van der Waals surface area contributed by atoms with E-state index in [0.717, 1.165) is 32.4 Å². The fourth-order valence-corrected chi connectivity index (χ4v) is 4.04. The summed E-state index contributed by atoms with van der Waals surface area (Å²) in [6.07, 6.45) is 1.84. The third kappa shape index (κ3) is 7.45. The molecule has 0 aliphatic carbocycles. The van der Waals surface area contributed by atoms with Gasteiger partial charge < -0.3 is 18.9 Å². The van der Waals surface area contributed by atoms with E-state index < -0.39 is 34.4 Å². The van der Waals surface area contributed by atoms with Crippen LogP contribution in [0.2, 0.25) is 0 Å². The lowest BCUT2D eigenvalue weighted by molar-refractivity contribution is -0.642. The lowest BCUT2D eigenvalue weighted by atomic mass is 10.00. The summed E-state index contributed by atoms with van der Waals surface area (Å²) in [5, 5.41) is 3.76. The first-order valence-corrected chi connectivity index (χ1v) is 12.6. The second-order valence-corrected chi connectivity index (χ2v) is 9.22. The molecule has 14 heteroatoms. The summed E-state index contributed by atoms with van der Waals surface area (Å²) >= 11 is 0. The van der Waals surface area contributed by atoms with Gasteiger partial charge in [-0.1, -0.05) is 9.95 Å². The van der Waals surface area contributed by atoms with Crippen LogP contribution < -0.4 is 23.5 Å². The van der Waals surface area contributed by atoms with E-state index in [0.29, 0.717) is 0 Å². The highest BCUT2D eigenvalue weighted by Gasteiger charge is 2.21. The van der Waals surface area contributed by atoms with Crippen molar-refractivity contribution in [3.63, 3.8) is 0 Å². The fourth-order valence-electron chi connectivity index (χ4n) is 4.04. The lowest BCUT2D eigenvalue weighted by Crippen LogP contribution is -2.28. The van der Waals surface area contributed by atoms with E-state index in [9.17, 15) is 23.1 Å². The first-order valence-electron chi connectivity index (χ1n) is 11.3. The molecule has 1 N–H and O–H groups in total. The summed E-state index contributed by atoms with van der Waals surface area (Å²) in [5.74, 6) is -1.73. The standard InChI is InChI=1S/C26H22NO8.FHO3S/c1-13(28)32-22-8-17-6-7-19-20-10-24(34-15(3)30)23(33-14(2)29)9-18(20)12-27(5)26(19)21(17)11-25(22)35-16(4)31;1-5(2,3)4/h6-12H,1-5H3;(H,2,3,4)/q+1;. The molecule has 0 saturated heterocycles. The number of rotatable bonds is 4. The van der Waals surface area contributed by atoms with Gasteiger partial charge >= 0.3 is 34.4 Å². The highest BCUT2D eigenvalue weighted by molar-refractivity contribution is 7.80. The summed E-state index contributed by atoms with van der Waals surface area (Å²) in [5.41, 5.74) is 0.784. The molecule has 0 bridgehead atoms. The highest BCUT2D eigenvalue weighted by Crippen LogP contribution is 2.39. The molecular formula is C26H23FNO11S+. The van der Waals surface area contributed by atoms with Crippen molar-refractivity contribution in [2.75, 3.05) is 0 Å². The predicted octanol–water partition coefficient (Wildman–Crippen LogP) is 3.43. The zero-order valence-corrected chi connectivity index (χ0v) is 22.6. The first kappa shape index (κ1) is 29.9. The number of nitrogens with zero attached hydrogens (tertiary/aromatic N) is 1. The topological polar surface area (TPSA) is 163 Å². The van der Waals surface area contributed by atoms with Gasteiger partial charge in [-0.15, -0.1) is 0 Å². The van der Waals surface area contributed by atoms with Gasteiger partial charge in [0.1, 0.15) is 7.05 Å². The Hall–Kier alpha value is -4.69. The van der Waals surface area contributed by atoms with E-state index in [2.05, 4.69) is 0 Å². The van der Waals surface area contributed by atoms with Crippen molar-refractivity contribution in [3.8, 4) is 23.0 Å². The van der Waals surface area contributed by atoms with Gasteiger partial charge in [-0.3, -0.25) is 23.7 Å². The summed E-state index contributed by atoms with van der Waals surface area (Å²) in [4.78, 5) is 46.5. The van der Waals surface area contributed by atoms with Crippen LogP contribution in [0.3, 0.4) is 0 Å². The minimum Gasteiger partial charge on any atom is -0.423 e. The fraction of sp³-hybridized carbons (Fsp3) is 0.192. The summed E-state index contributed by atoms with van der Waals surface area (Å²) in [6.45, 7) is 5.04. The third-order valence-electron chi connectivity index (χ3n) is 5.16. The Balaban J connectivity index is 0.000000810. The number of esters is 4. The maximum Gasteiger partial charge on any atom is 0.435 e. The molecule has 0 atom stereocenters. The molecule has 0 amide bonds. The normalized spacial score (nSPS) is 11.0. The van der Waals surface area contributed by atoms with Crippen molar-refractivity contribution in [2.45, 2.75) is 27.7 Å². The number of aromatic nitrogens is 1. The van der Waals surface area contributed by atoms with Crippen molar-refractivity contribution < 1.29 is 59.5 Å². The van der Waals surface area contributed by atoms with E-state index in [-0.39, 0.29) is 23.0 Å². The molecular weight excluding hydrogens is 553 g/mol. The Bertz CT molecular complexity index is 1810. The molecule has 0 aliphatic rings. The van der Waals surface area contributed by atoms with E-state index in [1.165, 1.54) is 27.7 Å². The monoisotopic (exact) mass is 576 g/mol. The van der Waals surface area contributed by atoms with E-state index in [1.54, 1.807) is 24.3 Å². The van der Waals surface area contributed by atoms with Crippen LogP contribution in [-0.2, 0) is 36.7 Å². The van der Waals surface area contributed by atoms with E-state index in [1.807, 2.05) is 29.9 Å². The molecule has 210 valence electrons. The second kappa shape index (κ2) is 11.6. The van der Waals surface area contributed by atoms with Crippen LogP contribution in [-0.4, -0.2) is 36.8 Å². The van der Waals surface area contributed by atoms with Crippen LogP contribution in [0.5, 0.6) is 23.0 Å². The zero-order valence-electron chi connectivity index (χ0n) is 21.8. The SMILES string of the molecule is CC(=O)Oc1cc2c[n+](C)c3c4cc(OC(C)=O)c(OC(C)=O)cc4ccc3c2cc1OC(C)=O.O=S(=O)(O)F. The van der Waals surface area contributed by atoms with Gasteiger partial charge in [0.15, 0.2) is 29.2 Å². The number of pyridine rings is 1. The molecule has 40 heavy (non-hydrogen) atoms. The van der Waals surface area contributed by atoms with Crippen molar-refractivity contribution in [1.29, 1.82) is 0 Å². The molecule has 0 unspecified atom stereocenters. The zero-order chi connectivity index (χ0) is 29.9. The molecule has 0 spiro atoms. The van der Waals surface area contributed by atoms with Crippen LogP contribution in [0.1, 0.15) is 27.7 Å². The average molecular weight is 577 g/mol. The molecule has 3 aromatic carbocycles. The van der Waals surface area contributed by atoms with Crippen molar-refractivity contribution in [2.24, 2.45) is 7.05 Å². The Kier molecular flexibility index (Phi) is 8.65. The number of ether oxygens (including phenoxy) is 4. The van der Waals surface area contributed by atoms with Gasteiger partial charge in [0.05, 0.1) is 16.2 Å². The van der Waals surface area contributed by atoms with E-state index in [4.69, 9.17) is 31.9 Å². The minimum atomic E-state index is -5.17. The number of aryl methyl sites for hydroxylation is 1. The Morgan fingerprint density at radius 1 is 0.675 bits per heavy atom. The molecule has 1 aromatic heterocycles. The van der Waals surface area contributed by atoms with Crippen molar-refractivity contribution >= 4 is 66.8 Å². The smallest absolute Gasteiger partial charge is 0.423 e. The van der Waals surface area contributed by atoms with Crippen LogP contribution in [0, 0.1) is 0 Å². The molecule has 0 aliphatic heterocycles. The number of fused-ring (bicyclic) bond motifs is 5. The van der Waals surface area contributed by atoms with E-state index >= 15 is 0 Å². The van der Waals surface area contributed by atoms with Crippen LogP contribution in [0.25, 0.3) is 32.4 Å². The molecule has 0 radical (unpaired) electrons. The van der Waals surface area contributed by atoms with Gasteiger partial charge in [0, 0.05) is 33.1 Å². The third-order valence-corrected chi connectivity index (χ3v) is 5.16. The number of benzene rings is 3. The van der Waals surface area contributed by atoms with Gasteiger partial charge in [0.25, 0.3) is 0 Å². The number of carbonyl (C=O) groups excluding carboxylic acids is 4. The predicted molar refractivity (Wildman–Crippen MR) is 138 cm³/mol. The molecule has 12 nitrogen and oxygen atoms in total. The minimum absolute atomic E-state index is 0.110. The lowest BCUT2D eigenvalue weighted by Gasteiger charge is -2.13. The molecule has 4 rings (SSSR count). The number of halogens is 1. The Morgan fingerprint density at radius 2 is 1.05 bits per heavy atom. The van der Waals surface area contributed by atoms with Crippen LogP contribution in [0.15, 0.2) is 42.6 Å². The summed E-state index contributed by atoms with van der Waals surface area (Å²) in [6, 6.07) is 10.3. The Morgan fingerprint density at radius 3 is 1.48 bits per heavy atom. The highest BCUT2D eigenvalue weighted by atomic mass is 32.3. The van der Waals surface area contributed by atoms with Crippen molar-refractivity contribution in [1.82, 2.24) is 0 Å². The van der Waals surface area contributed by atoms with Crippen LogP contribution >= 0.6 is 0 Å². The summed E-state index contributed by atoms with van der Waals surface area (Å²) in [7, 11) is -3.32. The molecule has 0 fully saturated rings. The first-order chi connectivity index (χ1) is 18.5. The van der Waals surface area contributed by atoms with Crippen molar-refractivity contribution in [3.05, 3.63) is 42.6 Å². The quantitative estimate of drug-likeness (QED) is 0.0945. The Labute approximate surface area is 226 Å². The molecule has 1 heterocycles. The maximum atomic E-state index is 11.7. The van der Waals surface area contributed by atoms with Gasteiger partial charge in [0.2, 0.25) is 5.52 Å². The molecule has 4 aromatic rings.